The van der Waals surface area contributed by atoms with Crippen LogP contribution in [0.4, 0.5) is 0 Å². The molecule has 0 aromatic heterocycles. The molecule has 2 N–H and O–H groups in total. The van der Waals surface area contributed by atoms with Gasteiger partial charge in [0, 0.05) is 19.0 Å². The lowest BCUT2D eigenvalue weighted by Gasteiger charge is -2.10. The third kappa shape index (κ3) is 1.17. The second-order valence-electron chi connectivity index (χ2n) is 3.44. The van der Waals surface area contributed by atoms with Gasteiger partial charge in [-0.15, -0.1) is 0 Å². The van der Waals surface area contributed by atoms with Crippen LogP contribution in [0.5, 0.6) is 0 Å². The van der Waals surface area contributed by atoms with Gasteiger partial charge in [-0.25, -0.2) is 0 Å². The second kappa shape index (κ2) is 2.95. The molecule has 12 heavy (non-hydrogen) atoms. The number of fused-ring (bicyclic) bond motifs is 1. The summed E-state index contributed by atoms with van der Waals surface area (Å²) < 4.78 is 0. The molecule has 0 spiro atoms. The van der Waals surface area contributed by atoms with E-state index in [1.54, 1.807) is 0 Å². The van der Waals surface area contributed by atoms with Crippen molar-refractivity contribution < 1.29 is 9.59 Å². The number of carbonyl (C=O) groups excluding carboxylic acids is 2. The molecule has 2 aliphatic rings. The van der Waals surface area contributed by atoms with Gasteiger partial charge in [0.05, 0.1) is 6.54 Å². The summed E-state index contributed by atoms with van der Waals surface area (Å²) in [6.45, 7) is 2.55. The van der Waals surface area contributed by atoms with E-state index < -0.39 is 0 Å². The number of ketones is 2. The number of nitrogens with one attached hydrogen (secondary N) is 2. The Hall–Kier alpha value is -0.740. The molecule has 0 saturated carbocycles. The van der Waals surface area contributed by atoms with Crippen molar-refractivity contribution in [1.82, 2.24) is 10.6 Å². The zero-order valence-corrected chi connectivity index (χ0v) is 6.80. The van der Waals surface area contributed by atoms with Crippen LogP contribution >= 0.6 is 0 Å². The zero-order valence-electron chi connectivity index (χ0n) is 6.80. The molecule has 2 aliphatic heterocycles. The minimum absolute atomic E-state index is 0.0625. The quantitative estimate of drug-likeness (QED) is 0.435. The second-order valence-corrected chi connectivity index (χ2v) is 3.44. The average molecular weight is 168 g/mol. The summed E-state index contributed by atoms with van der Waals surface area (Å²) in [6.07, 6.45) is 0. The van der Waals surface area contributed by atoms with Crippen molar-refractivity contribution in [2.45, 2.75) is 0 Å². The van der Waals surface area contributed by atoms with Crippen LogP contribution in [0.1, 0.15) is 0 Å². The molecule has 4 heteroatoms. The van der Waals surface area contributed by atoms with Gasteiger partial charge >= 0.3 is 0 Å². The minimum atomic E-state index is -0.258. The molecular weight excluding hydrogens is 156 g/mol. The molecule has 2 rings (SSSR count). The van der Waals surface area contributed by atoms with Gasteiger partial charge in [-0.1, -0.05) is 0 Å². The van der Waals surface area contributed by atoms with E-state index in [9.17, 15) is 9.59 Å². The van der Waals surface area contributed by atoms with E-state index in [-0.39, 0.29) is 24.0 Å². The highest BCUT2D eigenvalue weighted by Crippen LogP contribution is 2.18. The van der Waals surface area contributed by atoms with Crippen molar-refractivity contribution in [3.05, 3.63) is 0 Å². The van der Waals surface area contributed by atoms with E-state index >= 15 is 0 Å². The van der Waals surface area contributed by atoms with Crippen molar-refractivity contribution >= 4 is 11.6 Å². The highest BCUT2D eigenvalue weighted by Gasteiger charge is 2.37. The van der Waals surface area contributed by atoms with E-state index in [0.717, 1.165) is 13.1 Å². The van der Waals surface area contributed by atoms with Gasteiger partial charge < -0.3 is 10.6 Å². The van der Waals surface area contributed by atoms with Gasteiger partial charge in [-0.3, -0.25) is 9.59 Å². The molecule has 0 aromatic carbocycles. The predicted molar refractivity (Wildman–Crippen MR) is 42.7 cm³/mol. The fraction of sp³-hybridized carbons (Fsp3) is 0.750. The molecule has 66 valence electrons. The first kappa shape index (κ1) is 7.89. The minimum Gasteiger partial charge on any atom is -0.316 e. The Morgan fingerprint density at radius 3 is 2.67 bits per heavy atom. The van der Waals surface area contributed by atoms with Gasteiger partial charge in [-0.05, 0) is 12.5 Å². The lowest BCUT2D eigenvalue weighted by molar-refractivity contribution is -0.138. The van der Waals surface area contributed by atoms with Crippen LogP contribution < -0.4 is 10.6 Å². The van der Waals surface area contributed by atoms with Gasteiger partial charge in [0.2, 0.25) is 11.6 Å². The fourth-order valence-corrected chi connectivity index (χ4v) is 1.92. The molecule has 0 aliphatic carbocycles. The van der Waals surface area contributed by atoms with Crippen LogP contribution in [0.2, 0.25) is 0 Å². The maximum atomic E-state index is 11.4. The topological polar surface area (TPSA) is 58.2 Å². The largest absolute Gasteiger partial charge is 0.316 e. The van der Waals surface area contributed by atoms with Crippen LogP contribution in [0, 0.1) is 11.8 Å². The summed E-state index contributed by atoms with van der Waals surface area (Å²) in [7, 11) is 0. The van der Waals surface area contributed by atoms with E-state index in [4.69, 9.17) is 0 Å². The van der Waals surface area contributed by atoms with Crippen LogP contribution in [-0.2, 0) is 9.59 Å². The summed E-state index contributed by atoms with van der Waals surface area (Å²) in [6, 6.07) is 0. The Morgan fingerprint density at radius 1 is 1.08 bits per heavy atom. The number of hydrogen-bond donors (Lipinski definition) is 2. The highest BCUT2D eigenvalue weighted by molar-refractivity contribution is 6.39. The Balaban J connectivity index is 2.18. The average Bonchev–Trinajstić information content (AvgIpc) is 2.46. The van der Waals surface area contributed by atoms with Gasteiger partial charge in [0.15, 0.2) is 0 Å². The summed E-state index contributed by atoms with van der Waals surface area (Å²) in [5.74, 6) is -0.183. The summed E-state index contributed by atoms with van der Waals surface area (Å²) in [5, 5.41) is 6.12. The summed E-state index contributed by atoms with van der Waals surface area (Å²) in [5.41, 5.74) is 0. The van der Waals surface area contributed by atoms with E-state index in [2.05, 4.69) is 10.6 Å². The van der Waals surface area contributed by atoms with E-state index in [1.165, 1.54) is 0 Å². The Kier molecular flexibility index (Phi) is 1.94. The Labute approximate surface area is 70.7 Å². The lowest BCUT2D eigenvalue weighted by Crippen LogP contribution is -2.29. The van der Waals surface area contributed by atoms with Crippen molar-refractivity contribution in [2.75, 3.05) is 26.2 Å². The molecule has 2 fully saturated rings. The maximum Gasteiger partial charge on any atom is 0.212 e. The van der Waals surface area contributed by atoms with Crippen LogP contribution in [0.25, 0.3) is 0 Å². The molecule has 2 saturated heterocycles. The molecule has 2 unspecified atom stereocenters. The third-order valence-corrected chi connectivity index (χ3v) is 2.64. The molecule has 0 bridgehead atoms. The van der Waals surface area contributed by atoms with Crippen molar-refractivity contribution in [3.8, 4) is 0 Å². The lowest BCUT2D eigenvalue weighted by atomic mass is 9.91. The van der Waals surface area contributed by atoms with Gasteiger partial charge in [0.1, 0.15) is 0 Å². The third-order valence-electron chi connectivity index (χ3n) is 2.64. The fourth-order valence-electron chi connectivity index (χ4n) is 1.92. The maximum absolute atomic E-state index is 11.4. The monoisotopic (exact) mass is 168 g/mol. The van der Waals surface area contributed by atoms with Gasteiger partial charge in [-0.2, -0.15) is 0 Å². The molecule has 2 atom stereocenters. The normalized spacial score (nSPS) is 36.3. The summed E-state index contributed by atoms with van der Waals surface area (Å²) >= 11 is 0. The van der Waals surface area contributed by atoms with Crippen molar-refractivity contribution in [2.24, 2.45) is 11.8 Å². The van der Waals surface area contributed by atoms with Crippen LogP contribution in [0.3, 0.4) is 0 Å². The SMILES string of the molecule is O=C1CNCC2CNCC2C1=O. The molecule has 0 radical (unpaired) electrons. The summed E-state index contributed by atoms with van der Waals surface area (Å²) in [4.78, 5) is 22.5. The standard InChI is InChI=1S/C8H12N2O2/c11-7-4-10-2-5-1-9-3-6(5)8(7)12/h5-6,9-10H,1-4H2. The zero-order chi connectivity index (χ0) is 8.55. The molecule has 4 nitrogen and oxygen atoms in total. The first-order valence-corrected chi connectivity index (χ1v) is 4.27. The van der Waals surface area contributed by atoms with Crippen molar-refractivity contribution in [1.29, 1.82) is 0 Å². The Bertz CT molecular complexity index is 227. The predicted octanol–water partition coefficient (Wildman–Crippen LogP) is -1.44. The highest BCUT2D eigenvalue weighted by atomic mass is 16.2. The molecule has 2 heterocycles. The van der Waals surface area contributed by atoms with Crippen LogP contribution in [-0.4, -0.2) is 37.7 Å². The number of Topliss-reactive ketones (excluding diaryl/α,β-unsaturated/α-hetero) is 2. The smallest absolute Gasteiger partial charge is 0.212 e. The number of rotatable bonds is 0. The van der Waals surface area contributed by atoms with Crippen LogP contribution in [0.15, 0.2) is 0 Å². The van der Waals surface area contributed by atoms with E-state index in [0.29, 0.717) is 12.5 Å². The first-order valence-electron chi connectivity index (χ1n) is 4.27. The van der Waals surface area contributed by atoms with E-state index in [1.807, 2.05) is 0 Å². The number of carbonyl (C=O) groups is 2. The molecular formula is C8H12N2O2. The number of hydrogen-bond acceptors (Lipinski definition) is 4. The van der Waals surface area contributed by atoms with Crippen molar-refractivity contribution in [3.63, 3.8) is 0 Å². The van der Waals surface area contributed by atoms with Gasteiger partial charge in [0.25, 0.3) is 0 Å². The first-order chi connectivity index (χ1) is 5.79. The molecule has 0 aromatic rings. The molecule has 0 amide bonds. The Morgan fingerprint density at radius 2 is 1.83 bits per heavy atom.